The van der Waals surface area contributed by atoms with Crippen LogP contribution in [0.3, 0.4) is 0 Å². The van der Waals surface area contributed by atoms with Crippen molar-refractivity contribution < 1.29 is 0 Å². The highest BCUT2D eigenvalue weighted by molar-refractivity contribution is 5.43. The second-order valence-corrected chi connectivity index (χ2v) is 5.33. The molecule has 0 aliphatic heterocycles. The van der Waals surface area contributed by atoms with E-state index in [4.69, 9.17) is 10.7 Å². The van der Waals surface area contributed by atoms with E-state index in [9.17, 15) is 0 Å². The molecular weight excluding hydrogens is 246 g/mol. The van der Waals surface area contributed by atoms with Crippen LogP contribution in [0.25, 0.3) is 0 Å². The van der Waals surface area contributed by atoms with Crippen molar-refractivity contribution in [3.63, 3.8) is 0 Å². The van der Waals surface area contributed by atoms with E-state index < -0.39 is 0 Å². The number of aromatic nitrogens is 1. The predicted octanol–water partition coefficient (Wildman–Crippen LogP) is 3.26. The van der Waals surface area contributed by atoms with Crippen LogP contribution in [0.1, 0.15) is 30.7 Å². The zero-order valence-electron chi connectivity index (χ0n) is 12.5. The molecule has 0 radical (unpaired) electrons. The lowest BCUT2D eigenvalue weighted by atomic mass is 10.1. The largest absolute Gasteiger partial charge is 0.350 e. The molecule has 0 unspecified atom stereocenters. The van der Waals surface area contributed by atoms with Gasteiger partial charge in [0.15, 0.2) is 0 Å². The Bertz CT molecular complexity index is 549. The molecule has 0 aliphatic rings. The van der Waals surface area contributed by atoms with E-state index >= 15 is 0 Å². The number of nitrogens with zero attached hydrogens (tertiary/aromatic N) is 2. The lowest BCUT2D eigenvalue weighted by molar-refractivity contribution is 0.670. The van der Waals surface area contributed by atoms with Crippen LogP contribution in [0.15, 0.2) is 42.5 Å². The van der Waals surface area contributed by atoms with Gasteiger partial charge in [0, 0.05) is 24.8 Å². The van der Waals surface area contributed by atoms with Gasteiger partial charge in [0.25, 0.3) is 0 Å². The topological polar surface area (TPSA) is 42.2 Å². The van der Waals surface area contributed by atoms with Gasteiger partial charge in [-0.15, -0.1) is 0 Å². The number of benzene rings is 1. The molecule has 106 valence electrons. The van der Waals surface area contributed by atoms with Gasteiger partial charge in [-0.25, -0.2) is 4.98 Å². The minimum absolute atomic E-state index is 0.394. The zero-order valence-corrected chi connectivity index (χ0v) is 12.5. The lowest BCUT2D eigenvalue weighted by Gasteiger charge is -2.28. The van der Waals surface area contributed by atoms with E-state index in [1.54, 1.807) is 0 Å². The van der Waals surface area contributed by atoms with Gasteiger partial charge in [0.05, 0.1) is 0 Å². The van der Waals surface area contributed by atoms with Crippen molar-refractivity contribution in [2.75, 3.05) is 4.90 Å². The Balaban J connectivity index is 2.27. The van der Waals surface area contributed by atoms with Gasteiger partial charge < -0.3 is 10.6 Å². The summed E-state index contributed by atoms with van der Waals surface area (Å²) in [5.41, 5.74) is 9.13. The van der Waals surface area contributed by atoms with Gasteiger partial charge in [-0.3, -0.25) is 0 Å². The third-order valence-corrected chi connectivity index (χ3v) is 3.51. The van der Waals surface area contributed by atoms with E-state index in [1.165, 1.54) is 5.56 Å². The molecular formula is C17H23N3. The van der Waals surface area contributed by atoms with E-state index in [0.717, 1.165) is 23.6 Å². The number of rotatable bonds is 5. The van der Waals surface area contributed by atoms with Crippen LogP contribution in [-0.4, -0.2) is 11.0 Å². The maximum atomic E-state index is 5.71. The summed E-state index contributed by atoms with van der Waals surface area (Å²) in [5.74, 6) is 1.01. The Morgan fingerprint density at radius 2 is 1.80 bits per heavy atom. The summed E-state index contributed by atoms with van der Waals surface area (Å²) in [4.78, 5) is 7.02. The second kappa shape index (κ2) is 6.53. The number of anilines is 1. The van der Waals surface area contributed by atoms with Crippen molar-refractivity contribution in [2.45, 2.75) is 39.9 Å². The first kappa shape index (κ1) is 14.5. The zero-order chi connectivity index (χ0) is 14.5. The normalized spacial score (nSPS) is 10.8. The standard InChI is InChI=1S/C17H23N3/c1-13(2)20(12-15-7-5-4-6-8-15)17-10-9-16(11-18)14(3)19-17/h4-10,13H,11-12,18H2,1-3H3. The van der Waals surface area contributed by atoms with Gasteiger partial charge in [-0.2, -0.15) is 0 Å². The lowest BCUT2D eigenvalue weighted by Crippen LogP contribution is -2.31. The molecule has 1 heterocycles. The van der Waals surface area contributed by atoms with Crippen molar-refractivity contribution in [2.24, 2.45) is 5.73 Å². The Kier molecular flexibility index (Phi) is 4.74. The highest BCUT2D eigenvalue weighted by Gasteiger charge is 2.13. The molecule has 0 fully saturated rings. The summed E-state index contributed by atoms with van der Waals surface area (Å²) in [6.45, 7) is 7.81. The summed E-state index contributed by atoms with van der Waals surface area (Å²) < 4.78 is 0. The molecule has 2 rings (SSSR count). The van der Waals surface area contributed by atoms with Crippen molar-refractivity contribution in [3.8, 4) is 0 Å². The third kappa shape index (κ3) is 3.36. The number of nitrogens with two attached hydrogens (primary N) is 1. The van der Waals surface area contributed by atoms with E-state index in [-0.39, 0.29) is 0 Å². The maximum absolute atomic E-state index is 5.71. The molecule has 2 N–H and O–H groups in total. The summed E-state index contributed by atoms with van der Waals surface area (Å²) in [6, 6.07) is 15.0. The smallest absolute Gasteiger partial charge is 0.129 e. The fraction of sp³-hybridized carbons (Fsp3) is 0.353. The van der Waals surface area contributed by atoms with Gasteiger partial charge >= 0.3 is 0 Å². The molecule has 0 bridgehead atoms. The third-order valence-electron chi connectivity index (χ3n) is 3.51. The number of hydrogen-bond donors (Lipinski definition) is 1. The Labute approximate surface area is 121 Å². The first-order chi connectivity index (χ1) is 9.61. The fourth-order valence-corrected chi connectivity index (χ4v) is 2.26. The molecule has 0 aliphatic carbocycles. The van der Waals surface area contributed by atoms with Crippen LogP contribution in [0.2, 0.25) is 0 Å². The van der Waals surface area contributed by atoms with Crippen LogP contribution in [-0.2, 0) is 13.1 Å². The summed E-state index contributed by atoms with van der Waals surface area (Å²) >= 11 is 0. The number of pyridine rings is 1. The quantitative estimate of drug-likeness (QED) is 0.906. The highest BCUT2D eigenvalue weighted by Crippen LogP contribution is 2.19. The Morgan fingerprint density at radius 1 is 1.10 bits per heavy atom. The minimum atomic E-state index is 0.394. The van der Waals surface area contributed by atoms with Crippen LogP contribution in [0, 0.1) is 6.92 Å². The van der Waals surface area contributed by atoms with Crippen molar-refractivity contribution in [1.82, 2.24) is 4.98 Å². The molecule has 1 aromatic carbocycles. The molecule has 0 amide bonds. The molecule has 20 heavy (non-hydrogen) atoms. The monoisotopic (exact) mass is 269 g/mol. The van der Waals surface area contributed by atoms with E-state index in [2.05, 4.69) is 55.1 Å². The van der Waals surface area contributed by atoms with Gasteiger partial charge in [-0.1, -0.05) is 36.4 Å². The fourth-order valence-electron chi connectivity index (χ4n) is 2.26. The molecule has 0 saturated carbocycles. The van der Waals surface area contributed by atoms with Crippen LogP contribution >= 0.6 is 0 Å². The molecule has 0 spiro atoms. The molecule has 0 saturated heterocycles. The Hall–Kier alpha value is -1.87. The van der Waals surface area contributed by atoms with Crippen LogP contribution < -0.4 is 10.6 Å². The van der Waals surface area contributed by atoms with Crippen molar-refractivity contribution in [1.29, 1.82) is 0 Å². The molecule has 1 aromatic heterocycles. The van der Waals surface area contributed by atoms with Gasteiger partial charge in [0.1, 0.15) is 5.82 Å². The minimum Gasteiger partial charge on any atom is -0.350 e. The summed E-state index contributed by atoms with van der Waals surface area (Å²) in [6.07, 6.45) is 0. The molecule has 3 heteroatoms. The first-order valence-electron chi connectivity index (χ1n) is 7.09. The number of hydrogen-bond acceptors (Lipinski definition) is 3. The van der Waals surface area contributed by atoms with Gasteiger partial charge in [-0.05, 0) is 38.0 Å². The average Bonchev–Trinajstić information content (AvgIpc) is 2.45. The van der Waals surface area contributed by atoms with E-state index in [1.807, 2.05) is 13.0 Å². The average molecular weight is 269 g/mol. The van der Waals surface area contributed by atoms with Crippen LogP contribution in [0.5, 0.6) is 0 Å². The summed E-state index contributed by atoms with van der Waals surface area (Å²) in [5, 5.41) is 0. The Morgan fingerprint density at radius 3 is 2.35 bits per heavy atom. The van der Waals surface area contributed by atoms with Gasteiger partial charge in [0.2, 0.25) is 0 Å². The summed E-state index contributed by atoms with van der Waals surface area (Å²) in [7, 11) is 0. The number of aryl methyl sites for hydroxylation is 1. The second-order valence-electron chi connectivity index (χ2n) is 5.33. The van der Waals surface area contributed by atoms with Crippen molar-refractivity contribution in [3.05, 3.63) is 59.3 Å². The highest BCUT2D eigenvalue weighted by atomic mass is 15.2. The molecule has 3 nitrogen and oxygen atoms in total. The molecule has 2 aromatic rings. The molecule has 0 atom stereocenters. The predicted molar refractivity (Wildman–Crippen MR) is 84.6 cm³/mol. The van der Waals surface area contributed by atoms with Crippen LogP contribution in [0.4, 0.5) is 5.82 Å². The maximum Gasteiger partial charge on any atom is 0.129 e. The van der Waals surface area contributed by atoms with Crippen molar-refractivity contribution >= 4 is 5.82 Å². The SMILES string of the molecule is Cc1nc(N(Cc2ccccc2)C(C)C)ccc1CN. The van der Waals surface area contributed by atoms with E-state index in [0.29, 0.717) is 12.6 Å². The first-order valence-corrected chi connectivity index (χ1v) is 7.09.